The molecule has 1 aromatic rings. The maximum atomic E-state index is 5.95. The van der Waals surface area contributed by atoms with Crippen LogP contribution in [-0.4, -0.2) is 16.0 Å². The van der Waals surface area contributed by atoms with Crippen molar-refractivity contribution >= 4 is 17.4 Å². The van der Waals surface area contributed by atoms with E-state index >= 15 is 0 Å². The lowest BCUT2D eigenvalue weighted by Crippen LogP contribution is -2.07. The largest absolute Gasteiger partial charge is 0.367 e. The van der Waals surface area contributed by atoms with Crippen molar-refractivity contribution in [1.82, 2.24) is 9.97 Å². The minimum absolute atomic E-state index is 0.531. The molecule has 0 aromatic carbocycles. The van der Waals surface area contributed by atoms with E-state index in [1.54, 1.807) is 6.07 Å². The van der Waals surface area contributed by atoms with Gasteiger partial charge in [0.25, 0.3) is 0 Å². The van der Waals surface area contributed by atoms with E-state index in [2.05, 4.69) is 29.1 Å². The summed E-state index contributed by atoms with van der Waals surface area (Å²) in [6.07, 6.45) is 3.35. The Morgan fingerprint density at radius 3 is 2.80 bits per heavy atom. The highest BCUT2D eigenvalue weighted by atomic mass is 35.5. The van der Waals surface area contributed by atoms with E-state index in [0.29, 0.717) is 17.1 Å². The van der Waals surface area contributed by atoms with Gasteiger partial charge in [0.05, 0.1) is 0 Å². The van der Waals surface area contributed by atoms with Crippen molar-refractivity contribution in [3.8, 4) is 0 Å². The van der Waals surface area contributed by atoms with Gasteiger partial charge in [-0.25, -0.2) is 9.97 Å². The summed E-state index contributed by atoms with van der Waals surface area (Å²) in [7, 11) is 0. The first-order valence-corrected chi connectivity index (χ1v) is 5.81. The first-order valence-electron chi connectivity index (χ1n) is 5.43. The highest BCUT2D eigenvalue weighted by Gasteiger charge is 2.21. The predicted octanol–water partition coefficient (Wildman–Crippen LogP) is 2.90. The number of aromatic nitrogens is 2. The molecule has 1 fully saturated rings. The number of rotatable bonds is 4. The van der Waals surface area contributed by atoms with Crippen molar-refractivity contribution in [2.24, 2.45) is 5.92 Å². The van der Waals surface area contributed by atoms with Crippen LogP contribution >= 0.6 is 11.6 Å². The Bertz CT molecular complexity index is 325. The summed E-state index contributed by atoms with van der Waals surface area (Å²) in [5, 5.41) is 3.87. The second-order valence-corrected chi connectivity index (χ2v) is 4.90. The minimum Gasteiger partial charge on any atom is -0.367 e. The standard InChI is InChI=1S/C11H16ClN3/c1-7(2)5-10-14-9(12)6-11(15-10)13-8-3-4-8/h6-8H,3-5H2,1-2H3,(H,13,14,15). The first-order chi connectivity index (χ1) is 7.13. The first kappa shape index (κ1) is 10.7. The highest BCUT2D eigenvalue weighted by molar-refractivity contribution is 6.29. The smallest absolute Gasteiger partial charge is 0.134 e. The summed E-state index contributed by atoms with van der Waals surface area (Å²) in [5.41, 5.74) is 0. The molecule has 1 aromatic heterocycles. The molecule has 0 atom stereocenters. The van der Waals surface area contributed by atoms with E-state index < -0.39 is 0 Å². The van der Waals surface area contributed by atoms with Crippen LogP contribution in [0.4, 0.5) is 5.82 Å². The zero-order valence-corrected chi connectivity index (χ0v) is 9.88. The SMILES string of the molecule is CC(C)Cc1nc(Cl)cc(NC2CC2)n1. The number of halogens is 1. The molecule has 0 amide bonds. The number of nitrogens with zero attached hydrogens (tertiary/aromatic N) is 2. The lowest BCUT2D eigenvalue weighted by Gasteiger charge is -2.08. The maximum Gasteiger partial charge on any atom is 0.134 e. The van der Waals surface area contributed by atoms with Gasteiger partial charge in [-0.3, -0.25) is 0 Å². The molecular formula is C11H16ClN3. The van der Waals surface area contributed by atoms with Crippen LogP contribution in [0.1, 0.15) is 32.5 Å². The highest BCUT2D eigenvalue weighted by Crippen LogP contribution is 2.24. The zero-order chi connectivity index (χ0) is 10.8. The number of hydrogen-bond donors (Lipinski definition) is 1. The molecule has 1 heterocycles. The van der Waals surface area contributed by atoms with Crippen molar-refractivity contribution in [3.63, 3.8) is 0 Å². The van der Waals surface area contributed by atoms with E-state index in [1.165, 1.54) is 12.8 Å². The van der Waals surface area contributed by atoms with Gasteiger partial charge in [0, 0.05) is 18.5 Å². The minimum atomic E-state index is 0.531. The third-order valence-corrected chi connectivity index (χ3v) is 2.45. The van der Waals surface area contributed by atoms with Crippen LogP contribution in [0.5, 0.6) is 0 Å². The van der Waals surface area contributed by atoms with Crippen LogP contribution in [0.15, 0.2) is 6.07 Å². The Morgan fingerprint density at radius 2 is 2.20 bits per heavy atom. The van der Waals surface area contributed by atoms with Crippen LogP contribution in [0, 0.1) is 5.92 Å². The molecule has 0 unspecified atom stereocenters. The van der Waals surface area contributed by atoms with E-state index in [9.17, 15) is 0 Å². The van der Waals surface area contributed by atoms with E-state index in [-0.39, 0.29) is 0 Å². The molecule has 15 heavy (non-hydrogen) atoms. The summed E-state index contributed by atoms with van der Waals surface area (Å²) in [4.78, 5) is 8.66. The molecule has 0 bridgehead atoms. The number of hydrogen-bond acceptors (Lipinski definition) is 3. The summed E-state index contributed by atoms with van der Waals surface area (Å²) < 4.78 is 0. The topological polar surface area (TPSA) is 37.8 Å². The van der Waals surface area contributed by atoms with Gasteiger partial charge in [-0.15, -0.1) is 0 Å². The molecule has 0 aliphatic heterocycles. The summed E-state index contributed by atoms with van der Waals surface area (Å²) in [6.45, 7) is 4.30. The van der Waals surface area contributed by atoms with E-state index in [1.807, 2.05) is 0 Å². The van der Waals surface area contributed by atoms with E-state index in [0.717, 1.165) is 18.1 Å². The van der Waals surface area contributed by atoms with Crippen LogP contribution in [0.3, 0.4) is 0 Å². The molecule has 4 heteroatoms. The van der Waals surface area contributed by atoms with E-state index in [4.69, 9.17) is 11.6 Å². The average Bonchev–Trinajstić information content (AvgIpc) is 2.85. The van der Waals surface area contributed by atoms with Gasteiger partial charge >= 0.3 is 0 Å². The van der Waals surface area contributed by atoms with Gasteiger partial charge in [-0.05, 0) is 18.8 Å². The predicted molar refractivity (Wildman–Crippen MR) is 62.2 cm³/mol. The van der Waals surface area contributed by atoms with Gasteiger partial charge in [-0.2, -0.15) is 0 Å². The van der Waals surface area contributed by atoms with Gasteiger partial charge < -0.3 is 5.32 Å². The van der Waals surface area contributed by atoms with Crippen LogP contribution in [0.25, 0.3) is 0 Å². The Kier molecular flexibility index (Phi) is 3.10. The number of nitrogens with one attached hydrogen (secondary N) is 1. The molecule has 0 saturated heterocycles. The molecule has 0 spiro atoms. The van der Waals surface area contributed by atoms with Gasteiger partial charge in [0.15, 0.2) is 0 Å². The fourth-order valence-electron chi connectivity index (χ4n) is 1.43. The fraction of sp³-hybridized carbons (Fsp3) is 0.636. The van der Waals surface area contributed by atoms with Crippen molar-refractivity contribution in [1.29, 1.82) is 0 Å². The molecule has 1 saturated carbocycles. The molecule has 3 nitrogen and oxygen atoms in total. The van der Waals surface area contributed by atoms with Crippen LogP contribution < -0.4 is 5.32 Å². The quantitative estimate of drug-likeness (QED) is 0.801. The normalized spacial score (nSPS) is 15.7. The lowest BCUT2D eigenvalue weighted by atomic mass is 10.1. The summed E-state index contributed by atoms with van der Waals surface area (Å²) >= 11 is 5.95. The Balaban J connectivity index is 2.11. The molecule has 2 rings (SSSR count). The zero-order valence-electron chi connectivity index (χ0n) is 9.13. The second kappa shape index (κ2) is 4.35. The number of anilines is 1. The summed E-state index contributed by atoms with van der Waals surface area (Å²) in [6, 6.07) is 2.40. The van der Waals surface area contributed by atoms with Crippen LogP contribution in [-0.2, 0) is 6.42 Å². The maximum absolute atomic E-state index is 5.95. The van der Waals surface area contributed by atoms with Gasteiger partial charge in [0.1, 0.15) is 16.8 Å². The molecule has 1 aliphatic carbocycles. The third-order valence-electron chi connectivity index (χ3n) is 2.26. The Labute approximate surface area is 95.3 Å². The Hall–Kier alpha value is -0.830. The molecule has 82 valence electrons. The molecule has 1 N–H and O–H groups in total. The van der Waals surface area contributed by atoms with Crippen molar-refractivity contribution in [3.05, 3.63) is 17.0 Å². The third kappa shape index (κ3) is 3.34. The molecule has 1 aliphatic rings. The van der Waals surface area contributed by atoms with Gasteiger partial charge in [0.2, 0.25) is 0 Å². The van der Waals surface area contributed by atoms with Crippen molar-refractivity contribution in [2.75, 3.05) is 5.32 Å². The molecule has 0 radical (unpaired) electrons. The Morgan fingerprint density at radius 1 is 1.47 bits per heavy atom. The monoisotopic (exact) mass is 225 g/mol. The van der Waals surface area contributed by atoms with Crippen molar-refractivity contribution < 1.29 is 0 Å². The van der Waals surface area contributed by atoms with Crippen molar-refractivity contribution in [2.45, 2.75) is 39.2 Å². The second-order valence-electron chi connectivity index (χ2n) is 4.51. The lowest BCUT2D eigenvalue weighted by molar-refractivity contribution is 0.621. The van der Waals surface area contributed by atoms with Crippen LogP contribution in [0.2, 0.25) is 5.15 Å². The average molecular weight is 226 g/mol. The fourth-order valence-corrected chi connectivity index (χ4v) is 1.63. The molecular weight excluding hydrogens is 210 g/mol. The summed E-state index contributed by atoms with van der Waals surface area (Å²) in [5.74, 6) is 2.26. The van der Waals surface area contributed by atoms with Gasteiger partial charge in [-0.1, -0.05) is 25.4 Å².